The molecule has 1 aliphatic carbocycles. The zero-order valence-corrected chi connectivity index (χ0v) is 25.5. The minimum Gasteiger partial charge on any atom is -0.456 e. The van der Waals surface area contributed by atoms with Crippen molar-refractivity contribution < 1.29 is 4.42 Å². The van der Waals surface area contributed by atoms with E-state index >= 15 is 0 Å². The summed E-state index contributed by atoms with van der Waals surface area (Å²) < 4.78 is 6.05. The summed E-state index contributed by atoms with van der Waals surface area (Å²) in [6.07, 6.45) is 0. The van der Waals surface area contributed by atoms with Gasteiger partial charge in [0.15, 0.2) is 17.5 Å². The van der Waals surface area contributed by atoms with Crippen molar-refractivity contribution in [3.8, 4) is 56.4 Å². The molecule has 0 saturated heterocycles. The van der Waals surface area contributed by atoms with E-state index in [9.17, 15) is 0 Å². The summed E-state index contributed by atoms with van der Waals surface area (Å²) in [7, 11) is 0. The van der Waals surface area contributed by atoms with E-state index in [1.807, 2.05) is 48.5 Å². The summed E-state index contributed by atoms with van der Waals surface area (Å²) in [5.74, 6) is 1.97. The molecule has 0 aliphatic heterocycles. The fourth-order valence-corrected chi connectivity index (χ4v) is 6.91. The Labute approximate surface area is 267 Å². The minimum absolute atomic E-state index is 0.109. The summed E-state index contributed by atoms with van der Waals surface area (Å²) in [5, 5.41) is 2.24. The first-order chi connectivity index (χ1) is 22.5. The number of rotatable bonds is 4. The van der Waals surface area contributed by atoms with Crippen LogP contribution in [-0.4, -0.2) is 15.0 Å². The topological polar surface area (TPSA) is 51.8 Å². The van der Waals surface area contributed by atoms with E-state index < -0.39 is 0 Å². The minimum atomic E-state index is -0.109. The zero-order chi connectivity index (χ0) is 30.8. The molecule has 0 spiro atoms. The average molecular weight is 592 g/mol. The van der Waals surface area contributed by atoms with Gasteiger partial charge >= 0.3 is 0 Å². The lowest BCUT2D eigenvalue weighted by molar-refractivity contribution is 0.660. The van der Waals surface area contributed by atoms with E-state index in [0.29, 0.717) is 17.5 Å². The predicted octanol–water partition coefficient (Wildman–Crippen LogP) is 10.7. The van der Waals surface area contributed by atoms with Crippen LogP contribution in [0.1, 0.15) is 25.0 Å². The van der Waals surface area contributed by atoms with Crippen LogP contribution in [-0.2, 0) is 5.41 Å². The highest BCUT2D eigenvalue weighted by atomic mass is 16.3. The quantitative estimate of drug-likeness (QED) is 0.204. The van der Waals surface area contributed by atoms with Gasteiger partial charge in [-0.1, -0.05) is 129 Å². The fourth-order valence-electron chi connectivity index (χ4n) is 6.91. The van der Waals surface area contributed by atoms with Gasteiger partial charge in [-0.2, -0.15) is 0 Å². The maximum Gasteiger partial charge on any atom is 0.164 e. The molecule has 8 aromatic rings. The van der Waals surface area contributed by atoms with E-state index in [-0.39, 0.29) is 5.41 Å². The highest BCUT2D eigenvalue weighted by Crippen LogP contribution is 2.49. The van der Waals surface area contributed by atoms with E-state index in [1.54, 1.807) is 0 Å². The normalized spacial score (nSPS) is 13.2. The van der Waals surface area contributed by atoms with Gasteiger partial charge in [0.05, 0.1) is 0 Å². The molecule has 4 heteroatoms. The van der Waals surface area contributed by atoms with Crippen LogP contribution < -0.4 is 0 Å². The van der Waals surface area contributed by atoms with Crippen molar-refractivity contribution in [3.05, 3.63) is 151 Å². The molecule has 1 aliphatic rings. The second kappa shape index (κ2) is 10.1. The maximum absolute atomic E-state index is 6.05. The van der Waals surface area contributed by atoms with E-state index in [0.717, 1.165) is 49.8 Å². The van der Waals surface area contributed by atoms with Crippen molar-refractivity contribution in [2.75, 3.05) is 0 Å². The highest BCUT2D eigenvalue weighted by molar-refractivity contribution is 6.06. The molecule has 2 heterocycles. The number of fused-ring (bicyclic) bond motifs is 6. The number of aromatic nitrogens is 3. The SMILES string of the molecule is CC1(C)c2ccccc2-c2ccc(-c3nc(-c4ccccc4)nc(-c4ccc(-c5ccc6oc7ccccc7c6c5)cc4)n3)cc21. The Hall–Kier alpha value is -5.87. The molecular formula is C42H29N3O. The molecule has 0 N–H and O–H groups in total. The van der Waals surface area contributed by atoms with Crippen LogP contribution in [0.15, 0.2) is 144 Å². The molecule has 6 aromatic carbocycles. The van der Waals surface area contributed by atoms with Gasteiger partial charge in [0, 0.05) is 32.9 Å². The molecule has 0 fully saturated rings. The number of nitrogens with zero attached hydrogens (tertiary/aromatic N) is 3. The molecule has 0 bridgehead atoms. The smallest absolute Gasteiger partial charge is 0.164 e. The van der Waals surface area contributed by atoms with Gasteiger partial charge in [0.25, 0.3) is 0 Å². The summed E-state index contributed by atoms with van der Waals surface area (Å²) in [6, 6.07) is 48.5. The van der Waals surface area contributed by atoms with Crippen LogP contribution in [0.25, 0.3) is 78.4 Å². The first-order valence-electron chi connectivity index (χ1n) is 15.6. The van der Waals surface area contributed by atoms with Crippen molar-refractivity contribution in [2.24, 2.45) is 0 Å². The van der Waals surface area contributed by atoms with Gasteiger partial charge in [-0.05, 0) is 57.6 Å². The third kappa shape index (κ3) is 4.18. The Bertz CT molecular complexity index is 2440. The molecule has 9 rings (SSSR count). The second-order valence-electron chi connectivity index (χ2n) is 12.5. The Morgan fingerprint density at radius 1 is 0.413 bits per heavy atom. The Balaban J connectivity index is 1.13. The molecule has 0 amide bonds. The van der Waals surface area contributed by atoms with Gasteiger partial charge in [-0.25, -0.2) is 15.0 Å². The van der Waals surface area contributed by atoms with Crippen LogP contribution in [0.4, 0.5) is 0 Å². The van der Waals surface area contributed by atoms with Crippen molar-refractivity contribution in [3.63, 3.8) is 0 Å². The zero-order valence-electron chi connectivity index (χ0n) is 25.5. The third-order valence-electron chi connectivity index (χ3n) is 9.36. The Morgan fingerprint density at radius 2 is 0.978 bits per heavy atom. The van der Waals surface area contributed by atoms with Crippen molar-refractivity contribution >= 4 is 21.9 Å². The van der Waals surface area contributed by atoms with Gasteiger partial charge in [0.2, 0.25) is 0 Å². The Morgan fingerprint density at radius 3 is 1.78 bits per heavy atom. The van der Waals surface area contributed by atoms with Gasteiger partial charge in [-0.3, -0.25) is 0 Å². The van der Waals surface area contributed by atoms with Gasteiger partial charge in [0.1, 0.15) is 11.2 Å². The molecule has 218 valence electrons. The van der Waals surface area contributed by atoms with Crippen LogP contribution in [0.5, 0.6) is 0 Å². The number of benzene rings is 6. The molecule has 0 saturated carbocycles. The molecule has 0 radical (unpaired) electrons. The largest absolute Gasteiger partial charge is 0.456 e. The second-order valence-corrected chi connectivity index (χ2v) is 12.5. The summed E-state index contributed by atoms with van der Waals surface area (Å²) in [4.78, 5) is 15.0. The standard InChI is InChI=1S/C42H29N3O/c1-42(2)35-14-8-6-12-31(35)32-22-20-30(25-36(32)42)41-44-39(27-10-4-3-5-11-27)43-40(45-41)28-18-16-26(17-19-28)29-21-23-38-34(24-29)33-13-7-9-15-37(33)46-38/h3-25H,1-2H3. The van der Waals surface area contributed by atoms with Crippen LogP contribution in [0, 0.1) is 0 Å². The molecular weight excluding hydrogens is 562 g/mol. The monoisotopic (exact) mass is 591 g/mol. The first-order valence-corrected chi connectivity index (χ1v) is 15.6. The Kier molecular flexibility index (Phi) is 5.81. The lowest BCUT2D eigenvalue weighted by atomic mass is 9.82. The van der Waals surface area contributed by atoms with Crippen LogP contribution in [0.3, 0.4) is 0 Å². The van der Waals surface area contributed by atoms with E-state index in [4.69, 9.17) is 19.4 Å². The number of para-hydroxylation sites is 1. The van der Waals surface area contributed by atoms with Crippen molar-refractivity contribution in [2.45, 2.75) is 19.3 Å². The average Bonchev–Trinajstić information content (AvgIpc) is 3.60. The van der Waals surface area contributed by atoms with Crippen LogP contribution in [0.2, 0.25) is 0 Å². The molecule has 46 heavy (non-hydrogen) atoms. The van der Waals surface area contributed by atoms with Crippen LogP contribution >= 0.6 is 0 Å². The highest BCUT2D eigenvalue weighted by Gasteiger charge is 2.35. The lowest BCUT2D eigenvalue weighted by Crippen LogP contribution is -2.15. The van der Waals surface area contributed by atoms with Crippen molar-refractivity contribution in [1.82, 2.24) is 15.0 Å². The molecule has 4 nitrogen and oxygen atoms in total. The van der Waals surface area contributed by atoms with E-state index in [1.165, 1.54) is 22.3 Å². The fraction of sp³-hybridized carbons (Fsp3) is 0.0714. The lowest BCUT2D eigenvalue weighted by Gasteiger charge is -2.21. The molecule has 0 unspecified atom stereocenters. The summed E-state index contributed by atoms with van der Waals surface area (Å²) in [6.45, 7) is 4.59. The molecule has 2 aromatic heterocycles. The van der Waals surface area contributed by atoms with Gasteiger partial charge < -0.3 is 4.42 Å². The first kappa shape index (κ1) is 26.5. The number of hydrogen-bond donors (Lipinski definition) is 0. The summed E-state index contributed by atoms with van der Waals surface area (Å²) in [5.41, 5.74) is 12.0. The maximum atomic E-state index is 6.05. The summed E-state index contributed by atoms with van der Waals surface area (Å²) >= 11 is 0. The third-order valence-corrected chi connectivity index (χ3v) is 9.36. The van der Waals surface area contributed by atoms with E-state index in [2.05, 4.69) is 105 Å². The molecule has 0 atom stereocenters. The van der Waals surface area contributed by atoms with Crippen molar-refractivity contribution in [1.29, 1.82) is 0 Å². The predicted molar refractivity (Wildman–Crippen MR) is 186 cm³/mol. The van der Waals surface area contributed by atoms with Gasteiger partial charge in [-0.15, -0.1) is 0 Å². The number of furan rings is 1. The number of hydrogen-bond acceptors (Lipinski definition) is 4.